The molecule has 106 valence electrons. The maximum absolute atomic E-state index is 5.87. The van der Waals surface area contributed by atoms with E-state index in [1.165, 1.54) is 0 Å². The molecule has 0 spiro atoms. The van der Waals surface area contributed by atoms with Crippen molar-refractivity contribution in [1.82, 2.24) is 15.0 Å². The van der Waals surface area contributed by atoms with Gasteiger partial charge in [-0.2, -0.15) is 15.0 Å². The Morgan fingerprint density at radius 3 is 2.85 bits per heavy atom. The Labute approximate surface area is 130 Å². The molecule has 7 heteroatoms. The van der Waals surface area contributed by atoms with Crippen molar-refractivity contribution >= 4 is 39.2 Å². The molecule has 0 amide bonds. The molecule has 2 aromatic rings. The predicted molar refractivity (Wildman–Crippen MR) is 82.8 cm³/mol. The lowest BCUT2D eigenvalue weighted by molar-refractivity contribution is 0.292. The van der Waals surface area contributed by atoms with Crippen LogP contribution in [0.4, 0.5) is 11.6 Å². The molecule has 0 fully saturated rings. The Morgan fingerprint density at radius 1 is 1.30 bits per heavy atom. The van der Waals surface area contributed by atoms with Crippen LogP contribution >= 0.6 is 27.5 Å². The van der Waals surface area contributed by atoms with Crippen molar-refractivity contribution < 1.29 is 4.74 Å². The van der Waals surface area contributed by atoms with Crippen molar-refractivity contribution in [2.45, 2.75) is 20.3 Å². The average Bonchev–Trinajstić information content (AvgIpc) is 2.41. The highest BCUT2D eigenvalue weighted by Crippen LogP contribution is 2.26. The van der Waals surface area contributed by atoms with Gasteiger partial charge in [-0.3, -0.25) is 0 Å². The minimum atomic E-state index is 0.0984. The summed E-state index contributed by atoms with van der Waals surface area (Å²) in [4.78, 5) is 12.2. The molecule has 1 aromatic heterocycles. The molecule has 0 radical (unpaired) electrons. The van der Waals surface area contributed by atoms with Crippen molar-refractivity contribution in [3.8, 4) is 6.01 Å². The number of benzene rings is 1. The number of hydrogen-bond donors (Lipinski definition) is 1. The number of rotatable bonds is 5. The molecular formula is C13H14BrClN4O. The average molecular weight is 358 g/mol. The molecule has 0 aliphatic rings. The molecule has 0 saturated heterocycles. The highest BCUT2D eigenvalue weighted by atomic mass is 79.9. The lowest BCUT2D eigenvalue weighted by atomic mass is 10.2. The van der Waals surface area contributed by atoms with E-state index in [2.05, 4.69) is 36.2 Å². The molecule has 1 heterocycles. The quantitative estimate of drug-likeness (QED) is 0.872. The number of halogens is 2. The lowest BCUT2D eigenvalue weighted by Crippen LogP contribution is -2.05. The Morgan fingerprint density at radius 2 is 2.10 bits per heavy atom. The van der Waals surface area contributed by atoms with Gasteiger partial charge in [-0.1, -0.05) is 28.9 Å². The van der Waals surface area contributed by atoms with Gasteiger partial charge in [-0.25, -0.2) is 0 Å². The number of aromatic nitrogens is 3. The maximum atomic E-state index is 5.87. The highest BCUT2D eigenvalue weighted by Gasteiger charge is 2.08. The smallest absolute Gasteiger partial charge is 0.322 e. The molecule has 1 aromatic carbocycles. The van der Waals surface area contributed by atoms with Gasteiger partial charge >= 0.3 is 6.01 Å². The summed E-state index contributed by atoms with van der Waals surface area (Å²) in [5.41, 5.74) is 1.95. The van der Waals surface area contributed by atoms with Crippen LogP contribution in [0.25, 0.3) is 0 Å². The molecule has 0 atom stereocenters. The third-order valence-electron chi connectivity index (χ3n) is 2.54. The summed E-state index contributed by atoms with van der Waals surface area (Å²) in [6.45, 7) is 4.53. The topological polar surface area (TPSA) is 59.9 Å². The van der Waals surface area contributed by atoms with E-state index in [9.17, 15) is 0 Å². The van der Waals surface area contributed by atoms with Crippen LogP contribution in [0.5, 0.6) is 6.01 Å². The first-order chi connectivity index (χ1) is 9.60. The summed E-state index contributed by atoms with van der Waals surface area (Å²) in [5.74, 6) is 0.359. The summed E-state index contributed by atoms with van der Waals surface area (Å²) in [6.07, 6.45) is 0.872. The Hall–Kier alpha value is -1.40. The van der Waals surface area contributed by atoms with Gasteiger partial charge < -0.3 is 10.1 Å². The lowest BCUT2D eigenvalue weighted by Gasteiger charge is -2.10. The van der Waals surface area contributed by atoms with E-state index >= 15 is 0 Å². The predicted octanol–water partition coefficient (Wildman–Crippen LogP) is 4.13. The molecule has 2 rings (SSSR count). The normalized spacial score (nSPS) is 10.4. The van der Waals surface area contributed by atoms with E-state index in [0.717, 1.165) is 22.1 Å². The Kier molecular flexibility index (Phi) is 5.14. The Bertz CT molecular complexity index is 609. The third kappa shape index (κ3) is 3.80. The van der Waals surface area contributed by atoms with E-state index < -0.39 is 0 Å². The molecule has 0 bridgehead atoms. The molecule has 0 aliphatic carbocycles. The fourth-order valence-electron chi connectivity index (χ4n) is 1.51. The van der Waals surface area contributed by atoms with E-state index in [0.29, 0.717) is 12.6 Å². The molecule has 1 N–H and O–H groups in total. The van der Waals surface area contributed by atoms with Crippen molar-refractivity contribution in [2.24, 2.45) is 0 Å². The molecule has 20 heavy (non-hydrogen) atoms. The van der Waals surface area contributed by atoms with Crippen LogP contribution in [0.3, 0.4) is 0 Å². The van der Waals surface area contributed by atoms with Crippen LogP contribution in [-0.2, 0) is 0 Å². The van der Waals surface area contributed by atoms with Crippen molar-refractivity contribution in [2.75, 3.05) is 11.9 Å². The standard InChI is InChI=1S/C13H14BrClN4O/c1-3-7-20-13-18-11(15)17-12(19-13)16-10-6-4-5-9(14)8(10)2/h4-6H,3,7H2,1-2H3,(H,16,17,18,19). The number of nitrogens with zero attached hydrogens (tertiary/aromatic N) is 3. The largest absolute Gasteiger partial charge is 0.463 e. The van der Waals surface area contributed by atoms with Crippen LogP contribution in [0, 0.1) is 6.92 Å². The van der Waals surface area contributed by atoms with Gasteiger partial charge in [0.1, 0.15) is 0 Å². The maximum Gasteiger partial charge on any atom is 0.322 e. The fraction of sp³-hybridized carbons (Fsp3) is 0.308. The van der Waals surface area contributed by atoms with Crippen molar-refractivity contribution in [3.05, 3.63) is 33.5 Å². The van der Waals surface area contributed by atoms with Crippen LogP contribution in [0.2, 0.25) is 5.28 Å². The second-order valence-electron chi connectivity index (χ2n) is 4.10. The monoisotopic (exact) mass is 356 g/mol. The zero-order chi connectivity index (χ0) is 14.5. The van der Waals surface area contributed by atoms with Crippen molar-refractivity contribution in [1.29, 1.82) is 0 Å². The minimum absolute atomic E-state index is 0.0984. The number of hydrogen-bond acceptors (Lipinski definition) is 5. The van der Waals surface area contributed by atoms with Crippen molar-refractivity contribution in [3.63, 3.8) is 0 Å². The zero-order valence-electron chi connectivity index (χ0n) is 11.2. The van der Waals surface area contributed by atoms with E-state index in [1.54, 1.807) is 0 Å². The van der Waals surface area contributed by atoms with Gasteiger partial charge in [0.05, 0.1) is 6.61 Å². The SMILES string of the molecule is CCCOc1nc(Cl)nc(Nc2cccc(Br)c2C)n1. The molecule has 0 aliphatic heterocycles. The number of nitrogens with one attached hydrogen (secondary N) is 1. The van der Waals surface area contributed by atoms with Crippen LogP contribution in [-0.4, -0.2) is 21.6 Å². The van der Waals surface area contributed by atoms with E-state index in [-0.39, 0.29) is 11.3 Å². The summed E-state index contributed by atoms with van der Waals surface area (Å²) in [5, 5.41) is 3.21. The summed E-state index contributed by atoms with van der Waals surface area (Å²) < 4.78 is 6.38. The third-order valence-corrected chi connectivity index (χ3v) is 3.57. The molecule has 5 nitrogen and oxygen atoms in total. The van der Waals surface area contributed by atoms with E-state index in [1.807, 2.05) is 32.0 Å². The highest BCUT2D eigenvalue weighted by molar-refractivity contribution is 9.10. The summed E-state index contributed by atoms with van der Waals surface area (Å²) in [7, 11) is 0. The first-order valence-corrected chi connectivity index (χ1v) is 7.33. The summed E-state index contributed by atoms with van der Waals surface area (Å²) in [6, 6.07) is 6.06. The van der Waals surface area contributed by atoms with Gasteiger partial charge in [-0.05, 0) is 42.6 Å². The van der Waals surface area contributed by atoms with Gasteiger partial charge in [-0.15, -0.1) is 0 Å². The minimum Gasteiger partial charge on any atom is -0.463 e. The number of ether oxygens (including phenoxy) is 1. The van der Waals surface area contributed by atoms with Gasteiger partial charge in [0.15, 0.2) is 0 Å². The van der Waals surface area contributed by atoms with Gasteiger partial charge in [0.25, 0.3) is 0 Å². The van der Waals surface area contributed by atoms with Crippen LogP contribution in [0.1, 0.15) is 18.9 Å². The van der Waals surface area contributed by atoms with Gasteiger partial charge in [0, 0.05) is 10.2 Å². The molecule has 0 saturated carbocycles. The van der Waals surface area contributed by atoms with E-state index in [4.69, 9.17) is 16.3 Å². The second-order valence-corrected chi connectivity index (χ2v) is 5.29. The van der Waals surface area contributed by atoms with Crippen LogP contribution < -0.4 is 10.1 Å². The zero-order valence-corrected chi connectivity index (χ0v) is 13.5. The van der Waals surface area contributed by atoms with Crippen LogP contribution in [0.15, 0.2) is 22.7 Å². The Balaban J connectivity index is 2.24. The molecule has 0 unspecified atom stereocenters. The van der Waals surface area contributed by atoms with Gasteiger partial charge in [0.2, 0.25) is 11.2 Å². The first-order valence-electron chi connectivity index (χ1n) is 6.16. The second kappa shape index (κ2) is 6.85. The first kappa shape index (κ1) is 15.0. The summed E-state index contributed by atoms with van der Waals surface area (Å²) >= 11 is 9.35. The number of anilines is 2. The molecular weight excluding hydrogens is 344 g/mol. The fourth-order valence-corrected chi connectivity index (χ4v) is 2.03.